The summed E-state index contributed by atoms with van der Waals surface area (Å²) in [5.41, 5.74) is 9.39. The lowest BCUT2D eigenvalue weighted by atomic mass is 9.87. The largest absolute Gasteiger partial charge is 0.493 e. The molecular weight excluding hydrogens is 358 g/mol. The minimum Gasteiger partial charge on any atom is -0.493 e. The molecule has 1 aliphatic rings. The summed E-state index contributed by atoms with van der Waals surface area (Å²) in [5.74, 6) is 0.362. The lowest BCUT2D eigenvalue weighted by Crippen LogP contribution is -2.31. The van der Waals surface area contributed by atoms with E-state index in [1.165, 1.54) is 19.7 Å². The fourth-order valence-corrected chi connectivity index (χ4v) is 3.37. The Balaban J connectivity index is 1.74. The van der Waals surface area contributed by atoms with Crippen LogP contribution in [0.15, 0.2) is 36.4 Å². The minimum atomic E-state index is -0.250. The van der Waals surface area contributed by atoms with E-state index in [9.17, 15) is 9.59 Å². The van der Waals surface area contributed by atoms with Crippen LogP contribution in [0.4, 0.5) is 5.69 Å². The number of carbonyl (C=O) groups is 2. The maximum Gasteiger partial charge on any atom is 0.257 e. The highest BCUT2D eigenvalue weighted by Crippen LogP contribution is 2.32. The summed E-state index contributed by atoms with van der Waals surface area (Å²) in [6, 6.07) is 10.7. The number of methoxy groups -OCH3 is 1. The first kappa shape index (κ1) is 19.5. The molecule has 3 rings (SSSR count). The standard InChI is InChI=1S/C21H25N3O4/c1-23-20(25)12-28-18-9-6-14(11-19(18)27-2)21(26)24-17-5-3-4-13-10-15(22)7-8-16(13)17/h6-11,17H,3-5,12,22H2,1-2H3,(H,23,25)(H,24,26). The van der Waals surface area contributed by atoms with Gasteiger partial charge in [0.05, 0.1) is 13.2 Å². The first-order chi connectivity index (χ1) is 13.5. The molecule has 0 fully saturated rings. The normalized spacial score (nSPS) is 15.3. The summed E-state index contributed by atoms with van der Waals surface area (Å²) < 4.78 is 10.8. The topological polar surface area (TPSA) is 103 Å². The molecule has 1 unspecified atom stereocenters. The van der Waals surface area contributed by atoms with E-state index >= 15 is 0 Å². The molecule has 148 valence electrons. The molecule has 1 atom stereocenters. The van der Waals surface area contributed by atoms with Crippen LogP contribution in [0.2, 0.25) is 0 Å². The molecule has 2 aromatic rings. The van der Waals surface area contributed by atoms with E-state index < -0.39 is 0 Å². The van der Waals surface area contributed by atoms with Gasteiger partial charge < -0.3 is 25.8 Å². The molecular formula is C21H25N3O4. The van der Waals surface area contributed by atoms with Crippen LogP contribution in [0.3, 0.4) is 0 Å². The van der Waals surface area contributed by atoms with Crippen molar-refractivity contribution in [3.63, 3.8) is 0 Å². The molecule has 0 spiro atoms. The minimum absolute atomic E-state index is 0.0491. The van der Waals surface area contributed by atoms with Crippen molar-refractivity contribution in [2.75, 3.05) is 26.5 Å². The molecule has 0 radical (unpaired) electrons. The summed E-state index contributed by atoms with van der Waals surface area (Å²) in [6.07, 6.45) is 2.85. The molecule has 1 aliphatic carbocycles. The average molecular weight is 383 g/mol. The van der Waals surface area contributed by atoms with Gasteiger partial charge in [0, 0.05) is 18.3 Å². The number of carbonyl (C=O) groups excluding carboxylic acids is 2. The molecule has 0 saturated carbocycles. The zero-order chi connectivity index (χ0) is 20.1. The molecule has 7 heteroatoms. The third-order valence-corrected chi connectivity index (χ3v) is 4.85. The Morgan fingerprint density at radius 3 is 2.75 bits per heavy atom. The van der Waals surface area contributed by atoms with Gasteiger partial charge in [-0.2, -0.15) is 0 Å². The van der Waals surface area contributed by atoms with Crippen LogP contribution in [0, 0.1) is 0 Å². The number of ether oxygens (including phenoxy) is 2. The van der Waals surface area contributed by atoms with Crippen LogP contribution in [-0.2, 0) is 11.2 Å². The lowest BCUT2D eigenvalue weighted by molar-refractivity contribution is -0.122. The van der Waals surface area contributed by atoms with Gasteiger partial charge in [0.25, 0.3) is 11.8 Å². The molecule has 0 aliphatic heterocycles. The number of aryl methyl sites for hydroxylation is 1. The highest BCUT2D eigenvalue weighted by Gasteiger charge is 2.23. The number of nitrogen functional groups attached to an aromatic ring is 1. The summed E-state index contributed by atoms with van der Waals surface area (Å²) in [5, 5.41) is 5.58. The maximum absolute atomic E-state index is 12.8. The number of benzene rings is 2. The second-order valence-electron chi connectivity index (χ2n) is 6.70. The van der Waals surface area contributed by atoms with Crippen LogP contribution < -0.4 is 25.8 Å². The SMILES string of the molecule is CNC(=O)COc1ccc(C(=O)NC2CCCc3cc(N)ccc32)cc1OC. The second-order valence-corrected chi connectivity index (χ2v) is 6.70. The number of rotatable bonds is 6. The first-order valence-electron chi connectivity index (χ1n) is 9.22. The van der Waals surface area contributed by atoms with E-state index in [-0.39, 0.29) is 24.5 Å². The number of amides is 2. The Morgan fingerprint density at radius 2 is 2.00 bits per heavy atom. The van der Waals surface area contributed by atoms with Gasteiger partial charge in [-0.3, -0.25) is 9.59 Å². The molecule has 7 nitrogen and oxygen atoms in total. The number of hydrogen-bond acceptors (Lipinski definition) is 5. The van der Waals surface area contributed by atoms with Crippen LogP contribution in [0.1, 0.15) is 40.4 Å². The molecule has 0 heterocycles. The fraction of sp³-hybridized carbons (Fsp3) is 0.333. The van der Waals surface area contributed by atoms with Crippen molar-refractivity contribution < 1.29 is 19.1 Å². The Hall–Kier alpha value is -3.22. The van der Waals surface area contributed by atoms with E-state index in [1.807, 2.05) is 18.2 Å². The molecule has 2 aromatic carbocycles. The zero-order valence-electron chi connectivity index (χ0n) is 16.1. The van der Waals surface area contributed by atoms with E-state index in [1.54, 1.807) is 18.2 Å². The Labute approximate surface area is 164 Å². The van der Waals surface area contributed by atoms with E-state index in [4.69, 9.17) is 15.2 Å². The average Bonchev–Trinajstić information content (AvgIpc) is 2.71. The molecule has 2 amide bonds. The number of anilines is 1. The third-order valence-electron chi connectivity index (χ3n) is 4.85. The maximum atomic E-state index is 12.8. The Bertz CT molecular complexity index is 882. The predicted octanol–water partition coefficient (Wildman–Crippen LogP) is 2.21. The van der Waals surface area contributed by atoms with Gasteiger partial charge in [0.2, 0.25) is 0 Å². The van der Waals surface area contributed by atoms with Crippen LogP contribution in [0.5, 0.6) is 11.5 Å². The van der Waals surface area contributed by atoms with E-state index in [0.29, 0.717) is 17.1 Å². The van der Waals surface area contributed by atoms with Gasteiger partial charge in [-0.1, -0.05) is 6.07 Å². The summed E-state index contributed by atoms with van der Waals surface area (Å²) in [4.78, 5) is 24.1. The van der Waals surface area contributed by atoms with Gasteiger partial charge in [-0.15, -0.1) is 0 Å². The third kappa shape index (κ3) is 4.36. The van der Waals surface area contributed by atoms with Crippen molar-refractivity contribution >= 4 is 17.5 Å². The van der Waals surface area contributed by atoms with Crippen molar-refractivity contribution in [3.8, 4) is 11.5 Å². The molecule has 0 saturated heterocycles. The van der Waals surface area contributed by atoms with Gasteiger partial charge in [0.1, 0.15) is 0 Å². The highest BCUT2D eigenvalue weighted by molar-refractivity contribution is 5.95. The number of nitrogens with one attached hydrogen (secondary N) is 2. The predicted molar refractivity (Wildman–Crippen MR) is 107 cm³/mol. The van der Waals surface area contributed by atoms with Crippen molar-refractivity contribution in [2.24, 2.45) is 0 Å². The van der Waals surface area contributed by atoms with Crippen LogP contribution in [-0.4, -0.2) is 32.6 Å². The first-order valence-corrected chi connectivity index (χ1v) is 9.22. The number of fused-ring (bicyclic) bond motifs is 1. The van der Waals surface area contributed by atoms with E-state index in [2.05, 4.69) is 10.6 Å². The fourth-order valence-electron chi connectivity index (χ4n) is 3.37. The van der Waals surface area contributed by atoms with Crippen LogP contribution >= 0.6 is 0 Å². The van der Waals surface area contributed by atoms with Gasteiger partial charge >= 0.3 is 0 Å². The molecule has 0 aromatic heterocycles. The Morgan fingerprint density at radius 1 is 1.18 bits per heavy atom. The quantitative estimate of drug-likeness (QED) is 0.664. The van der Waals surface area contributed by atoms with Gasteiger partial charge in [-0.25, -0.2) is 0 Å². The summed E-state index contributed by atoms with van der Waals surface area (Å²) in [7, 11) is 3.03. The zero-order valence-corrected chi connectivity index (χ0v) is 16.1. The molecule has 4 N–H and O–H groups in total. The lowest BCUT2D eigenvalue weighted by Gasteiger charge is -2.26. The van der Waals surface area contributed by atoms with Gasteiger partial charge in [0.15, 0.2) is 18.1 Å². The van der Waals surface area contributed by atoms with Crippen LogP contribution in [0.25, 0.3) is 0 Å². The molecule has 28 heavy (non-hydrogen) atoms. The highest BCUT2D eigenvalue weighted by atomic mass is 16.5. The number of nitrogens with two attached hydrogens (primary N) is 1. The summed E-state index contributed by atoms with van der Waals surface area (Å²) in [6.45, 7) is -0.125. The number of hydrogen-bond donors (Lipinski definition) is 3. The van der Waals surface area contributed by atoms with Gasteiger partial charge in [-0.05, 0) is 60.7 Å². The molecule has 0 bridgehead atoms. The van der Waals surface area contributed by atoms with Crippen molar-refractivity contribution in [3.05, 3.63) is 53.1 Å². The van der Waals surface area contributed by atoms with Crippen molar-refractivity contribution in [1.29, 1.82) is 0 Å². The summed E-state index contributed by atoms with van der Waals surface area (Å²) >= 11 is 0. The monoisotopic (exact) mass is 383 g/mol. The second kappa shape index (κ2) is 8.65. The van der Waals surface area contributed by atoms with Crippen molar-refractivity contribution in [1.82, 2.24) is 10.6 Å². The Kier molecular flexibility index (Phi) is 6.03. The van der Waals surface area contributed by atoms with E-state index in [0.717, 1.165) is 30.5 Å². The number of likely N-dealkylation sites (N-methyl/N-ethyl adjacent to an activating group) is 1. The van der Waals surface area contributed by atoms with Crippen molar-refractivity contribution in [2.45, 2.75) is 25.3 Å². The smallest absolute Gasteiger partial charge is 0.257 e.